The second kappa shape index (κ2) is 6.09. The zero-order chi connectivity index (χ0) is 18.6. The molecule has 2 unspecified atom stereocenters. The molecule has 0 amide bonds. The summed E-state index contributed by atoms with van der Waals surface area (Å²) in [5.41, 5.74) is 1.98. The molecule has 2 atom stereocenters. The maximum atomic E-state index is 15.1. The Hall–Kier alpha value is -2.41. The number of hydrogen-bond acceptors (Lipinski definition) is 5. The van der Waals surface area contributed by atoms with Gasteiger partial charge in [-0.2, -0.15) is 0 Å². The van der Waals surface area contributed by atoms with Gasteiger partial charge < -0.3 is 20.0 Å². The van der Waals surface area contributed by atoms with Gasteiger partial charge >= 0.3 is 5.97 Å². The van der Waals surface area contributed by atoms with E-state index in [1.54, 1.807) is 18.0 Å². The number of carbonyl (C=O) groups excluding carboxylic acids is 1. The molecular formula is C19H21FN2O4. The van der Waals surface area contributed by atoms with Crippen molar-refractivity contribution in [3.05, 3.63) is 35.3 Å². The van der Waals surface area contributed by atoms with Crippen molar-refractivity contribution in [2.75, 3.05) is 22.9 Å². The Kier molecular flexibility index (Phi) is 3.99. The zero-order valence-electron chi connectivity index (χ0n) is 14.5. The lowest BCUT2D eigenvalue weighted by atomic mass is 9.84. The Balaban J connectivity index is 1.90. The molecule has 0 radical (unpaired) electrons. The lowest BCUT2D eigenvalue weighted by Gasteiger charge is -2.41. The van der Waals surface area contributed by atoms with Gasteiger partial charge in [0.15, 0.2) is 5.78 Å². The van der Waals surface area contributed by atoms with E-state index in [0.717, 1.165) is 0 Å². The molecule has 138 valence electrons. The van der Waals surface area contributed by atoms with Gasteiger partial charge in [0.25, 0.3) is 0 Å². The van der Waals surface area contributed by atoms with E-state index in [9.17, 15) is 19.8 Å². The van der Waals surface area contributed by atoms with E-state index in [2.05, 4.69) is 0 Å². The minimum Gasteiger partial charge on any atom is -0.481 e. The van der Waals surface area contributed by atoms with Crippen LogP contribution in [0.1, 0.15) is 36.8 Å². The molecule has 4 rings (SSSR count). The first kappa shape index (κ1) is 17.0. The summed E-state index contributed by atoms with van der Waals surface area (Å²) in [5, 5.41) is 19.2. The van der Waals surface area contributed by atoms with Crippen molar-refractivity contribution >= 4 is 23.1 Å². The number of carbonyl (C=O) groups is 2. The number of benzene rings is 1. The first-order valence-electron chi connectivity index (χ1n) is 8.89. The number of aliphatic hydroxyl groups is 1. The minimum atomic E-state index is -1.04. The molecule has 1 saturated heterocycles. The van der Waals surface area contributed by atoms with E-state index in [1.165, 1.54) is 12.1 Å². The van der Waals surface area contributed by atoms with Crippen molar-refractivity contribution < 1.29 is 24.2 Å². The van der Waals surface area contributed by atoms with Gasteiger partial charge in [-0.1, -0.05) is 0 Å². The summed E-state index contributed by atoms with van der Waals surface area (Å²) in [4.78, 5) is 27.8. The Morgan fingerprint density at radius 1 is 1.27 bits per heavy atom. The SMILES string of the molecule is CC1C(=O)Cc2c(N3CCC(O)CC3)c(F)cc3c2N1C=CC3C(=O)O. The molecule has 0 spiro atoms. The van der Waals surface area contributed by atoms with Gasteiger partial charge in [-0.25, -0.2) is 4.39 Å². The molecule has 0 saturated carbocycles. The van der Waals surface area contributed by atoms with Crippen LogP contribution in [-0.4, -0.2) is 47.2 Å². The standard InChI is InChI=1S/C19H21FN2O4/c1-10-16(24)9-14-17-13(12(19(25)26)4-7-22(10)17)8-15(20)18(14)21-5-2-11(23)3-6-21/h4,7-8,10-12,23H,2-3,5-6,9H2,1H3,(H,25,26). The molecular weight excluding hydrogens is 339 g/mol. The average molecular weight is 360 g/mol. The highest BCUT2D eigenvalue weighted by atomic mass is 19.1. The van der Waals surface area contributed by atoms with Gasteiger partial charge in [-0.15, -0.1) is 0 Å². The minimum absolute atomic E-state index is 0.0224. The molecule has 3 aliphatic rings. The Morgan fingerprint density at radius 3 is 2.62 bits per heavy atom. The quantitative estimate of drug-likeness (QED) is 0.837. The average Bonchev–Trinajstić information content (AvgIpc) is 2.60. The number of rotatable bonds is 2. The molecule has 0 aromatic heterocycles. The third kappa shape index (κ3) is 2.49. The van der Waals surface area contributed by atoms with E-state index in [-0.39, 0.29) is 18.3 Å². The van der Waals surface area contributed by atoms with E-state index in [4.69, 9.17) is 0 Å². The fourth-order valence-corrected chi connectivity index (χ4v) is 4.22. The first-order valence-corrected chi connectivity index (χ1v) is 8.89. The smallest absolute Gasteiger partial charge is 0.315 e. The summed E-state index contributed by atoms with van der Waals surface area (Å²) in [6.07, 6.45) is 3.92. The van der Waals surface area contributed by atoms with Crippen molar-refractivity contribution in [2.45, 2.75) is 44.2 Å². The summed E-state index contributed by atoms with van der Waals surface area (Å²) in [7, 11) is 0. The van der Waals surface area contributed by atoms with Crippen LogP contribution in [-0.2, 0) is 16.0 Å². The van der Waals surface area contributed by atoms with Gasteiger partial charge in [-0.3, -0.25) is 9.59 Å². The van der Waals surface area contributed by atoms with Gasteiger partial charge in [0.2, 0.25) is 0 Å². The molecule has 3 aliphatic heterocycles. The monoisotopic (exact) mass is 360 g/mol. The molecule has 1 aromatic rings. The molecule has 0 bridgehead atoms. The lowest BCUT2D eigenvalue weighted by molar-refractivity contribution is -0.137. The topological polar surface area (TPSA) is 81.1 Å². The van der Waals surface area contributed by atoms with E-state index in [1.807, 2.05) is 4.90 Å². The number of piperidine rings is 1. The summed E-state index contributed by atoms with van der Waals surface area (Å²) < 4.78 is 15.1. The predicted molar refractivity (Wildman–Crippen MR) is 94.0 cm³/mol. The number of ketones is 1. The van der Waals surface area contributed by atoms with Crippen LogP contribution in [0.4, 0.5) is 15.8 Å². The Morgan fingerprint density at radius 2 is 1.96 bits per heavy atom. The normalized spacial score (nSPS) is 25.4. The molecule has 7 heteroatoms. The van der Waals surface area contributed by atoms with Crippen LogP contribution >= 0.6 is 0 Å². The first-order chi connectivity index (χ1) is 12.4. The van der Waals surface area contributed by atoms with Gasteiger partial charge in [0.1, 0.15) is 11.7 Å². The zero-order valence-corrected chi connectivity index (χ0v) is 14.5. The van der Waals surface area contributed by atoms with E-state index >= 15 is 4.39 Å². The van der Waals surface area contributed by atoms with Gasteiger partial charge in [0, 0.05) is 31.3 Å². The van der Waals surface area contributed by atoms with Crippen molar-refractivity contribution in [1.82, 2.24) is 0 Å². The number of anilines is 2. The van der Waals surface area contributed by atoms with Gasteiger partial charge in [-0.05, 0) is 37.5 Å². The number of Topliss-reactive ketones (excluding diaryl/α,β-unsaturated/α-hetero) is 1. The lowest BCUT2D eigenvalue weighted by Crippen LogP contribution is -2.45. The largest absolute Gasteiger partial charge is 0.481 e. The van der Waals surface area contributed by atoms with Crippen LogP contribution in [0.2, 0.25) is 0 Å². The Bertz CT molecular complexity index is 814. The van der Waals surface area contributed by atoms with Crippen molar-refractivity contribution in [1.29, 1.82) is 0 Å². The molecule has 1 fully saturated rings. The molecule has 1 aromatic carbocycles. The molecule has 3 heterocycles. The molecule has 2 N–H and O–H groups in total. The number of carboxylic acid groups (broad SMARTS) is 1. The second-order valence-electron chi connectivity index (χ2n) is 7.23. The molecule has 0 aliphatic carbocycles. The van der Waals surface area contributed by atoms with Crippen molar-refractivity contribution in [3.63, 3.8) is 0 Å². The number of halogens is 1. The predicted octanol–water partition coefficient (Wildman–Crippen LogP) is 1.80. The number of aliphatic carboxylic acids is 1. The fraction of sp³-hybridized carbons (Fsp3) is 0.474. The van der Waals surface area contributed by atoms with Crippen LogP contribution in [0.15, 0.2) is 18.3 Å². The number of aliphatic hydroxyl groups excluding tert-OH is 1. The summed E-state index contributed by atoms with van der Waals surface area (Å²) in [6.45, 7) is 2.79. The van der Waals surface area contributed by atoms with Crippen molar-refractivity contribution in [2.24, 2.45) is 0 Å². The molecule has 6 nitrogen and oxygen atoms in total. The number of carboxylic acids is 1. The fourth-order valence-electron chi connectivity index (χ4n) is 4.22. The third-order valence-electron chi connectivity index (χ3n) is 5.67. The van der Waals surface area contributed by atoms with E-state index < -0.39 is 23.7 Å². The second-order valence-corrected chi connectivity index (χ2v) is 7.23. The number of hydrogen-bond donors (Lipinski definition) is 2. The highest BCUT2D eigenvalue weighted by Crippen LogP contribution is 2.46. The summed E-state index contributed by atoms with van der Waals surface area (Å²) >= 11 is 0. The highest BCUT2D eigenvalue weighted by molar-refractivity contribution is 5.99. The van der Waals surface area contributed by atoms with Gasteiger partial charge in [0.05, 0.1) is 23.5 Å². The maximum Gasteiger partial charge on any atom is 0.315 e. The van der Waals surface area contributed by atoms with Crippen LogP contribution in [0.25, 0.3) is 0 Å². The van der Waals surface area contributed by atoms with Crippen LogP contribution in [0.5, 0.6) is 0 Å². The highest BCUT2D eigenvalue weighted by Gasteiger charge is 2.39. The third-order valence-corrected chi connectivity index (χ3v) is 5.67. The van der Waals surface area contributed by atoms with E-state index in [0.29, 0.717) is 48.4 Å². The van der Waals surface area contributed by atoms with Crippen LogP contribution in [0, 0.1) is 5.82 Å². The van der Waals surface area contributed by atoms with Crippen LogP contribution in [0.3, 0.4) is 0 Å². The van der Waals surface area contributed by atoms with Crippen LogP contribution < -0.4 is 9.80 Å². The summed E-state index contributed by atoms with van der Waals surface area (Å²) in [6, 6.07) is 0.894. The molecule has 26 heavy (non-hydrogen) atoms. The maximum absolute atomic E-state index is 15.1. The summed E-state index contributed by atoms with van der Waals surface area (Å²) in [5.74, 6) is -2.49. The van der Waals surface area contributed by atoms with Crippen molar-refractivity contribution in [3.8, 4) is 0 Å². The Labute approximate surface area is 150 Å². The number of nitrogens with zero attached hydrogens (tertiary/aromatic N) is 2.